The Balaban J connectivity index is 2.27. The number of ether oxygens (including phenoxy) is 1. The molecule has 0 saturated carbocycles. The van der Waals surface area contributed by atoms with E-state index in [1.54, 1.807) is 25.1 Å². The third-order valence-corrected chi connectivity index (χ3v) is 3.20. The molecule has 1 N–H and O–H groups in total. The van der Waals surface area contributed by atoms with E-state index in [0.29, 0.717) is 11.1 Å². The predicted octanol–water partition coefficient (Wildman–Crippen LogP) is 3.64. The van der Waals surface area contributed by atoms with Crippen molar-refractivity contribution in [3.63, 3.8) is 0 Å². The third-order valence-electron chi connectivity index (χ3n) is 3.20. The summed E-state index contributed by atoms with van der Waals surface area (Å²) in [4.78, 5) is 10.4. The predicted molar refractivity (Wildman–Crippen MR) is 75.0 cm³/mol. The largest absolute Gasteiger partial charge is 0.505 e. The fraction of sp³-hybridized carbons (Fsp3) is 0.200. The molecule has 2 aromatic carbocycles. The number of aryl methyl sites for hydroxylation is 1. The number of hydrogen-bond acceptors (Lipinski definition) is 4. The lowest BCUT2D eigenvalue weighted by Crippen LogP contribution is -2.02. The standard InChI is InChI=1S/C15H14FNO4/c1-9-7-13(10(2)14(16)15(9)18)21-8-11-5-3-4-6-12(11)17(19)20/h3-7,18H,8H2,1-2H3. The second-order valence-electron chi connectivity index (χ2n) is 4.65. The van der Waals surface area contributed by atoms with Crippen molar-refractivity contribution < 1.29 is 19.2 Å². The van der Waals surface area contributed by atoms with E-state index in [9.17, 15) is 19.6 Å². The number of hydrogen-bond donors (Lipinski definition) is 1. The molecule has 0 fully saturated rings. The molecular formula is C15H14FNO4. The van der Waals surface area contributed by atoms with Gasteiger partial charge in [-0.05, 0) is 31.5 Å². The first kappa shape index (κ1) is 14.8. The Hall–Kier alpha value is -2.63. The molecule has 0 unspecified atom stereocenters. The van der Waals surface area contributed by atoms with Gasteiger partial charge in [-0.3, -0.25) is 10.1 Å². The molecule has 2 aromatic rings. The van der Waals surface area contributed by atoms with E-state index in [1.165, 1.54) is 19.1 Å². The van der Waals surface area contributed by atoms with Gasteiger partial charge in [-0.1, -0.05) is 12.1 Å². The normalized spacial score (nSPS) is 10.4. The number of nitrogens with zero attached hydrogens (tertiary/aromatic N) is 1. The van der Waals surface area contributed by atoms with Crippen molar-refractivity contribution in [2.24, 2.45) is 0 Å². The number of benzene rings is 2. The molecule has 0 aliphatic rings. The lowest BCUT2D eigenvalue weighted by Gasteiger charge is -2.12. The van der Waals surface area contributed by atoms with E-state index < -0.39 is 16.5 Å². The highest BCUT2D eigenvalue weighted by Gasteiger charge is 2.16. The van der Waals surface area contributed by atoms with Crippen molar-refractivity contribution in [3.8, 4) is 11.5 Å². The van der Waals surface area contributed by atoms with Crippen molar-refractivity contribution in [3.05, 3.63) is 63.0 Å². The lowest BCUT2D eigenvalue weighted by molar-refractivity contribution is -0.385. The summed E-state index contributed by atoms with van der Waals surface area (Å²) in [5.41, 5.74) is 0.853. The minimum atomic E-state index is -0.743. The van der Waals surface area contributed by atoms with Gasteiger partial charge in [0.15, 0.2) is 11.6 Å². The fourth-order valence-corrected chi connectivity index (χ4v) is 1.95. The van der Waals surface area contributed by atoms with Gasteiger partial charge in [0.25, 0.3) is 5.69 Å². The first-order valence-electron chi connectivity index (χ1n) is 6.25. The third kappa shape index (κ3) is 2.94. The van der Waals surface area contributed by atoms with E-state index in [0.717, 1.165) is 0 Å². The Morgan fingerprint density at radius 1 is 1.33 bits per heavy atom. The smallest absolute Gasteiger partial charge is 0.276 e. The van der Waals surface area contributed by atoms with Crippen molar-refractivity contribution in [2.75, 3.05) is 0 Å². The topological polar surface area (TPSA) is 72.6 Å². The number of phenolic OH excluding ortho intramolecular Hbond substituents is 1. The van der Waals surface area contributed by atoms with Crippen LogP contribution in [0.1, 0.15) is 16.7 Å². The van der Waals surface area contributed by atoms with E-state index >= 15 is 0 Å². The average molecular weight is 291 g/mol. The van der Waals surface area contributed by atoms with Gasteiger partial charge in [-0.2, -0.15) is 0 Å². The van der Waals surface area contributed by atoms with Crippen molar-refractivity contribution in [1.29, 1.82) is 0 Å². The highest BCUT2D eigenvalue weighted by molar-refractivity contribution is 5.46. The molecule has 0 saturated heterocycles. The fourth-order valence-electron chi connectivity index (χ4n) is 1.95. The summed E-state index contributed by atoms with van der Waals surface area (Å²) in [6, 6.07) is 7.70. The van der Waals surface area contributed by atoms with Gasteiger partial charge >= 0.3 is 0 Å². The molecule has 0 atom stereocenters. The molecule has 0 bridgehead atoms. The Morgan fingerprint density at radius 3 is 2.67 bits per heavy atom. The van der Waals surface area contributed by atoms with Crippen LogP contribution in [0.3, 0.4) is 0 Å². The average Bonchev–Trinajstić information content (AvgIpc) is 2.47. The minimum absolute atomic E-state index is 0.0499. The van der Waals surface area contributed by atoms with E-state index in [2.05, 4.69) is 0 Å². The van der Waals surface area contributed by atoms with Gasteiger partial charge < -0.3 is 9.84 Å². The molecule has 6 heteroatoms. The number of nitro groups is 1. The van der Waals surface area contributed by atoms with Gasteiger partial charge in [-0.15, -0.1) is 0 Å². The number of halogens is 1. The van der Waals surface area contributed by atoms with Crippen LogP contribution in [0.5, 0.6) is 11.5 Å². The van der Waals surface area contributed by atoms with Gasteiger partial charge in [0.2, 0.25) is 0 Å². The maximum absolute atomic E-state index is 13.7. The molecule has 5 nitrogen and oxygen atoms in total. The van der Waals surface area contributed by atoms with Crippen LogP contribution in [0.2, 0.25) is 0 Å². The maximum Gasteiger partial charge on any atom is 0.276 e. The Morgan fingerprint density at radius 2 is 2.00 bits per heavy atom. The monoisotopic (exact) mass is 291 g/mol. The summed E-state index contributed by atoms with van der Waals surface area (Å²) >= 11 is 0. The summed E-state index contributed by atoms with van der Waals surface area (Å²) < 4.78 is 19.2. The minimum Gasteiger partial charge on any atom is -0.505 e. The van der Waals surface area contributed by atoms with Gasteiger partial charge in [0.05, 0.1) is 10.5 Å². The maximum atomic E-state index is 13.7. The summed E-state index contributed by atoms with van der Waals surface area (Å²) in [5.74, 6) is -0.904. The second-order valence-corrected chi connectivity index (χ2v) is 4.65. The highest BCUT2D eigenvalue weighted by Crippen LogP contribution is 2.32. The Kier molecular flexibility index (Phi) is 4.07. The molecule has 0 aromatic heterocycles. The van der Waals surface area contributed by atoms with Crippen LogP contribution in [0, 0.1) is 29.8 Å². The zero-order valence-corrected chi connectivity index (χ0v) is 11.6. The van der Waals surface area contributed by atoms with Gasteiger partial charge in [-0.25, -0.2) is 4.39 Å². The van der Waals surface area contributed by atoms with Crippen LogP contribution < -0.4 is 4.74 Å². The summed E-state index contributed by atoms with van der Waals surface area (Å²) in [6.07, 6.45) is 0. The molecule has 0 radical (unpaired) electrons. The Labute approximate surface area is 120 Å². The van der Waals surface area contributed by atoms with E-state index in [-0.39, 0.29) is 23.6 Å². The summed E-state index contributed by atoms with van der Waals surface area (Å²) in [6.45, 7) is 2.97. The number of rotatable bonds is 4. The molecule has 2 rings (SSSR count). The van der Waals surface area contributed by atoms with E-state index in [4.69, 9.17) is 4.74 Å². The zero-order chi connectivity index (χ0) is 15.6. The van der Waals surface area contributed by atoms with Crippen molar-refractivity contribution in [2.45, 2.75) is 20.5 Å². The number of para-hydroxylation sites is 1. The van der Waals surface area contributed by atoms with Crippen LogP contribution in [-0.2, 0) is 6.61 Å². The summed E-state index contributed by atoms with van der Waals surface area (Å²) in [5, 5.41) is 20.4. The van der Waals surface area contributed by atoms with Crippen LogP contribution in [-0.4, -0.2) is 10.0 Å². The van der Waals surface area contributed by atoms with Crippen LogP contribution >= 0.6 is 0 Å². The molecule has 0 spiro atoms. The van der Waals surface area contributed by atoms with Gasteiger partial charge in [0.1, 0.15) is 12.4 Å². The van der Waals surface area contributed by atoms with Crippen molar-refractivity contribution in [1.82, 2.24) is 0 Å². The first-order valence-corrected chi connectivity index (χ1v) is 6.25. The lowest BCUT2D eigenvalue weighted by atomic mass is 10.1. The van der Waals surface area contributed by atoms with E-state index in [1.807, 2.05) is 0 Å². The van der Waals surface area contributed by atoms with Crippen LogP contribution in [0.25, 0.3) is 0 Å². The van der Waals surface area contributed by atoms with Crippen LogP contribution in [0.4, 0.5) is 10.1 Å². The summed E-state index contributed by atoms with van der Waals surface area (Å²) in [7, 11) is 0. The Bertz CT molecular complexity index is 700. The molecular weight excluding hydrogens is 277 g/mol. The quantitative estimate of drug-likeness (QED) is 0.689. The number of phenols is 1. The zero-order valence-electron chi connectivity index (χ0n) is 11.6. The SMILES string of the molecule is Cc1cc(OCc2ccccc2[N+](=O)[O-])c(C)c(F)c1O. The first-order chi connectivity index (χ1) is 9.91. The molecule has 110 valence electrons. The van der Waals surface area contributed by atoms with Crippen molar-refractivity contribution >= 4 is 5.69 Å². The second kappa shape index (κ2) is 5.78. The molecule has 21 heavy (non-hydrogen) atoms. The molecule has 0 aliphatic carbocycles. The van der Waals surface area contributed by atoms with Gasteiger partial charge in [0, 0.05) is 11.6 Å². The van der Waals surface area contributed by atoms with Crippen LogP contribution in [0.15, 0.2) is 30.3 Å². The molecule has 0 aliphatic heterocycles. The molecule has 0 heterocycles. The highest BCUT2D eigenvalue weighted by atomic mass is 19.1. The number of nitro benzene ring substituents is 1. The number of aromatic hydroxyl groups is 1. The molecule has 0 amide bonds.